The molecule has 1 aromatic carbocycles. The van der Waals surface area contributed by atoms with E-state index in [4.69, 9.17) is 0 Å². The summed E-state index contributed by atoms with van der Waals surface area (Å²) in [7, 11) is 2.01. The maximum absolute atomic E-state index is 3.53. The third kappa shape index (κ3) is 4.96. The SMILES string of the molecule is CNC(C)(C)CNCc1ccc(C(C)(C)C)cc1C. The van der Waals surface area contributed by atoms with E-state index < -0.39 is 0 Å². The van der Waals surface area contributed by atoms with Gasteiger partial charge in [-0.25, -0.2) is 0 Å². The van der Waals surface area contributed by atoms with Crippen LogP contribution in [0, 0.1) is 6.92 Å². The molecule has 0 atom stereocenters. The lowest BCUT2D eigenvalue weighted by Gasteiger charge is -2.25. The highest BCUT2D eigenvalue weighted by molar-refractivity contribution is 5.34. The minimum absolute atomic E-state index is 0.138. The third-order valence-electron chi connectivity index (χ3n) is 3.77. The number of aryl methyl sites for hydroxylation is 1. The van der Waals surface area contributed by atoms with Crippen LogP contribution in [0.3, 0.4) is 0 Å². The molecule has 2 nitrogen and oxygen atoms in total. The lowest BCUT2D eigenvalue weighted by atomic mass is 9.85. The first kappa shape index (κ1) is 16.2. The summed E-state index contributed by atoms with van der Waals surface area (Å²) < 4.78 is 0. The zero-order valence-corrected chi connectivity index (χ0v) is 13.6. The standard InChI is InChI=1S/C17H30N2/c1-13-10-15(16(2,3)4)9-8-14(13)11-19-12-17(5,6)18-7/h8-10,18-19H,11-12H2,1-7H3. The first-order valence-electron chi connectivity index (χ1n) is 7.15. The van der Waals surface area contributed by atoms with E-state index in [1.54, 1.807) is 0 Å². The smallest absolute Gasteiger partial charge is 0.0246 e. The van der Waals surface area contributed by atoms with Crippen LogP contribution in [-0.2, 0) is 12.0 Å². The Kier molecular flexibility index (Phi) is 5.17. The Bertz CT molecular complexity index is 414. The highest BCUT2D eigenvalue weighted by atomic mass is 15.0. The Morgan fingerprint density at radius 3 is 2.16 bits per heavy atom. The summed E-state index contributed by atoms with van der Waals surface area (Å²) in [5.41, 5.74) is 4.54. The van der Waals surface area contributed by atoms with Crippen molar-refractivity contribution in [3.63, 3.8) is 0 Å². The van der Waals surface area contributed by atoms with Gasteiger partial charge in [-0.05, 0) is 49.9 Å². The molecule has 0 unspecified atom stereocenters. The van der Waals surface area contributed by atoms with Crippen LogP contribution in [-0.4, -0.2) is 19.1 Å². The van der Waals surface area contributed by atoms with Gasteiger partial charge in [-0.2, -0.15) is 0 Å². The Morgan fingerprint density at radius 2 is 1.68 bits per heavy atom. The summed E-state index contributed by atoms with van der Waals surface area (Å²) in [5, 5.41) is 6.84. The van der Waals surface area contributed by atoms with Gasteiger partial charge in [0.25, 0.3) is 0 Å². The van der Waals surface area contributed by atoms with Crippen molar-refractivity contribution in [2.24, 2.45) is 0 Å². The minimum atomic E-state index is 0.138. The van der Waals surface area contributed by atoms with Crippen molar-refractivity contribution < 1.29 is 0 Å². The van der Waals surface area contributed by atoms with Crippen molar-refractivity contribution in [3.8, 4) is 0 Å². The molecule has 0 aromatic heterocycles. The molecule has 0 saturated heterocycles. The van der Waals surface area contributed by atoms with Crippen molar-refractivity contribution in [1.29, 1.82) is 0 Å². The second-order valence-corrected chi connectivity index (χ2v) is 7.13. The molecule has 0 radical (unpaired) electrons. The monoisotopic (exact) mass is 262 g/mol. The van der Waals surface area contributed by atoms with Crippen LogP contribution in [0.15, 0.2) is 18.2 Å². The van der Waals surface area contributed by atoms with Gasteiger partial charge in [-0.1, -0.05) is 39.0 Å². The average molecular weight is 262 g/mol. The highest BCUT2D eigenvalue weighted by Crippen LogP contribution is 2.24. The molecular formula is C17H30N2. The van der Waals surface area contributed by atoms with E-state index in [2.05, 4.69) is 70.4 Å². The van der Waals surface area contributed by atoms with E-state index in [-0.39, 0.29) is 11.0 Å². The number of likely N-dealkylation sites (N-methyl/N-ethyl adjacent to an activating group) is 1. The van der Waals surface area contributed by atoms with Gasteiger partial charge in [0.05, 0.1) is 0 Å². The van der Waals surface area contributed by atoms with E-state index in [1.165, 1.54) is 16.7 Å². The van der Waals surface area contributed by atoms with Gasteiger partial charge in [0.1, 0.15) is 0 Å². The maximum atomic E-state index is 3.53. The first-order valence-corrected chi connectivity index (χ1v) is 7.15. The van der Waals surface area contributed by atoms with Crippen LogP contribution in [0.2, 0.25) is 0 Å². The zero-order valence-electron chi connectivity index (χ0n) is 13.6. The molecule has 0 amide bonds. The summed E-state index contributed by atoms with van der Waals surface area (Å²) >= 11 is 0. The van der Waals surface area contributed by atoms with E-state index >= 15 is 0 Å². The Labute approximate surface area is 119 Å². The van der Waals surface area contributed by atoms with Gasteiger partial charge in [-0.3, -0.25) is 0 Å². The summed E-state index contributed by atoms with van der Waals surface area (Å²) in [4.78, 5) is 0. The fraction of sp³-hybridized carbons (Fsp3) is 0.647. The van der Waals surface area contributed by atoms with Crippen molar-refractivity contribution in [2.75, 3.05) is 13.6 Å². The Balaban J connectivity index is 2.66. The molecule has 0 saturated carbocycles. The zero-order chi connectivity index (χ0) is 14.7. The van der Waals surface area contributed by atoms with Crippen LogP contribution in [0.1, 0.15) is 51.3 Å². The van der Waals surface area contributed by atoms with Gasteiger partial charge in [0.15, 0.2) is 0 Å². The number of hydrogen-bond donors (Lipinski definition) is 2. The van der Waals surface area contributed by atoms with Crippen molar-refractivity contribution in [1.82, 2.24) is 10.6 Å². The average Bonchev–Trinajstić information content (AvgIpc) is 2.30. The molecule has 0 aliphatic carbocycles. The predicted octanol–water partition coefficient (Wildman–Crippen LogP) is 3.38. The summed E-state index contributed by atoms with van der Waals surface area (Å²) in [6.45, 7) is 15.3. The van der Waals surface area contributed by atoms with Crippen LogP contribution < -0.4 is 10.6 Å². The molecule has 0 heterocycles. The van der Waals surface area contributed by atoms with Crippen molar-refractivity contribution in [2.45, 2.75) is 59.0 Å². The van der Waals surface area contributed by atoms with Gasteiger partial charge in [-0.15, -0.1) is 0 Å². The van der Waals surface area contributed by atoms with Crippen LogP contribution in [0.5, 0.6) is 0 Å². The van der Waals surface area contributed by atoms with Gasteiger partial charge < -0.3 is 10.6 Å². The van der Waals surface area contributed by atoms with E-state index in [0.717, 1.165) is 13.1 Å². The fourth-order valence-electron chi connectivity index (χ4n) is 1.96. The molecule has 1 rings (SSSR count). The van der Waals surface area contributed by atoms with Gasteiger partial charge in [0.2, 0.25) is 0 Å². The van der Waals surface area contributed by atoms with Crippen LogP contribution in [0.25, 0.3) is 0 Å². The third-order valence-corrected chi connectivity index (χ3v) is 3.77. The highest BCUT2D eigenvalue weighted by Gasteiger charge is 2.15. The number of rotatable bonds is 5. The molecule has 108 valence electrons. The number of nitrogens with one attached hydrogen (secondary N) is 2. The second-order valence-electron chi connectivity index (χ2n) is 7.13. The van der Waals surface area contributed by atoms with E-state index in [0.29, 0.717) is 0 Å². The lowest BCUT2D eigenvalue weighted by molar-refractivity contribution is 0.393. The predicted molar refractivity (Wildman–Crippen MR) is 84.7 cm³/mol. The quantitative estimate of drug-likeness (QED) is 0.850. The normalized spacial score (nSPS) is 12.8. The lowest BCUT2D eigenvalue weighted by Crippen LogP contribution is -2.45. The largest absolute Gasteiger partial charge is 0.314 e. The van der Waals surface area contributed by atoms with Gasteiger partial charge in [0, 0.05) is 18.6 Å². The second kappa shape index (κ2) is 6.06. The van der Waals surface area contributed by atoms with Gasteiger partial charge >= 0.3 is 0 Å². The van der Waals surface area contributed by atoms with E-state index in [1.807, 2.05) is 7.05 Å². The summed E-state index contributed by atoms with van der Waals surface area (Å²) in [5.74, 6) is 0. The van der Waals surface area contributed by atoms with Crippen molar-refractivity contribution >= 4 is 0 Å². The van der Waals surface area contributed by atoms with E-state index in [9.17, 15) is 0 Å². The maximum Gasteiger partial charge on any atom is 0.0246 e. The molecule has 0 spiro atoms. The molecule has 0 fully saturated rings. The molecule has 19 heavy (non-hydrogen) atoms. The first-order chi connectivity index (χ1) is 8.65. The minimum Gasteiger partial charge on any atom is -0.314 e. The fourth-order valence-corrected chi connectivity index (χ4v) is 1.96. The number of hydrogen-bond acceptors (Lipinski definition) is 2. The molecule has 1 aromatic rings. The molecule has 2 N–H and O–H groups in total. The molecular weight excluding hydrogens is 232 g/mol. The van der Waals surface area contributed by atoms with Crippen molar-refractivity contribution in [3.05, 3.63) is 34.9 Å². The Morgan fingerprint density at radius 1 is 1.05 bits per heavy atom. The molecule has 0 bridgehead atoms. The van der Waals surface area contributed by atoms with Crippen LogP contribution in [0.4, 0.5) is 0 Å². The summed E-state index contributed by atoms with van der Waals surface area (Å²) in [6, 6.07) is 6.84. The molecule has 2 heteroatoms. The number of benzene rings is 1. The summed E-state index contributed by atoms with van der Waals surface area (Å²) in [6.07, 6.45) is 0. The molecule has 0 aliphatic heterocycles. The van der Waals surface area contributed by atoms with Crippen LogP contribution >= 0.6 is 0 Å². The topological polar surface area (TPSA) is 24.1 Å². The molecule has 0 aliphatic rings. The Hall–Kier alpha value is -0.860.